The second-order valence-electron chi connectivity index (χ2n) is 8.24. The van der Waals surface area contributed by atoms with Crippen molar-refractivity contribution in [2.75, 3.05) is 13.7 Å². The monoisotopic (exact) mass is 315 g/mol. The molecule has 5 rings (SSSR count). The zero-order valence-corrected chi connectivity index (χ0v) is 14.1. The summed E-state index contributed by atoms with van der Waals surface area (Å²) in [5.74, 6) is 3.68. The van der Waals surface area contributed by atoms with Gasteiger partial charge in [0.2, 0.25) is 0 Å². The van der Waals surface area contributed by atoms with Crippen molar-refractivity contribution in [1.82, 2.24) is 5.32 Å². The molecule has 23 heavy (non-hydrogen) atoms. The molecule has 0 aliphatic heterocycles. The fourth-order valence-electron chi connectivity index (χ4n) is 6.06. The first-order valence-electron chi connectivity index (χ1n) is 9.18. The highest BCUT2D eigenvalue weighted by Crippen LogP contribution is 2.61. The number of hydrogen-bond donors (Lipinski definition) is 2. The lowest BCUT2D eigenvalue weighted by molar-refractivity contribution is -0.0828. The lowest BCUT2D eigenvalue weighted by Crippen LogP contribution is -2.57. The van der Waals surface area contributed by atoms with Crippen molar-refractivity contribution in [3.8, 4) is 5.75 Å². The van der Waals surface area contributed by atoms with Crippen LogP contribution in [0.4, 0.5) is 0 Å². The SMILES string of the molecule is COc1ccc(CN[C@H](CO)C23CC4CC(CC(C4)C2)C3)cc1. The highest BCUT2D eigenvalue weighted by Gasteiger charge is 2.53. The Bertz CT molecular complexity index is 504. The van der Waals surface area contributed by atoms with Crippen molar-refractivity contribution in [3.05, 3.63) is 29.8 Å². The summed E-state index contributed by atoms with van der Waals surface area (Å²) in [4.78, 5) is 0. The Hall–Kier alpha value is -1.06. The third-order valence-electron chi connectivity index (χ3n) is 6.72. The summed E-state index contributed by atoms with van der Waals surface area (Å²) >= 11 is 0. The lowest BCUT2D eigenvalue weighted by atomic mass is 9.47. The van der Waals surface area contributed by atoms with Crippen LogP contribution in [0.15, 0.2) is 24.3 Å². The summed E-state index contributed by atoms with van der Waals surface area (Å²) < 4.78 is 5.22. The minimum atomic E-state index is 0.248. The molecule has 4 aliphatic rings. The van der Waals surface area contributed by atoms with E-state index in [2.05, 4.69) is 17.4 Å². The Morgan fingerprint density at radius 2 is 1.65 bits per heavy atom. The minimum absolute atomic E-state index is 0.248. The van der Waals surface area contributed by atoms with Gasteiger partial charge >= 0.3 is 0 Å². The van der Waals surface area contributed by atoms with E-state index in [1.165, 1.54) is 44.1 Å². The van der Waals surface area contributed by atoms with Gasteiger partial charge in [-0.3, -0.25) is 0 Å². The van der Waals surface area contributed by atoms with Crippen LogP contribution in [0.2, 0.25) is 0 Å². The second-order valence-corrected chi connectivity index (χ2v) is 8.24. The van der Waals surface area contributed by atoms with E-state index >= 15 is 0 Å². The summed E-state index contributed by atoms with van der Waals surface area (Å²) in [6.07, 6.45) is 8.36. The molecule has 0 amide bonds. The van der Waals surface area contributed by atoms with Crippen LogP contribution < -0.4 is 10.1 Å². The first-order chi connectivity index (χ1) is 11.2. The van der Waals surface area contributed by atoms with Gasteiger partial charge in [0.25, 0.3) is 0 Å². The Morgan fingerprint density at radius 1 is 1.09 bits per heavy atom. The van der Waals surface area contributed by atoms with E-state index in [1.807, 2.05) is 12.1 Å². The Balaban J connectivity index is 1.44. The molecule has 0 unspecified atom stereocenters. The summed E-state index contributed by atoms with van der Waals surface area (Å²) in [5, 5.41) is 13.8. The van der Waals surface area contributed by atoms with E-state index in [9.17, 15) is 5.11 Å². The molecule has 4 bridgehead atoms. The van der Waals surface area contributed by atoms with Crippen molar-refractivity contribution in [1.29, 1.82) is 0 Å². The van der Waals surface area contributed by atoms with Crippen LogP contribution in [-0.4, -0.2) is 24.9 Å². The van der Waals surface area contributed by atoms with Gasteiger partial charge in [-0.1, -0.05) is 12.1 Å². The van der Waals surface area contributed by atoms with Gasteiger partial charge in [-0.25, -0.2) is 0 Å². The van der Waals surface area contributed by atoms with E-state index in [0.29, 0.717) is 5.41 Å². The van der Waals surface area contributed by atoms with Crippen molar-refractivity contribution in [2.45, 2.75) is 51.1 Å². The van der Waals surface area contributed by atoms with E-state index in [4.69, 9.17) is 4.74 Å². The number of benzene rings is 1. The smallest absolute Gasteiger partial charge is 0.118 e. The summed E-state index contributed by atoms with van der Waals surface area (Å²) in [5.41, 5.74) is 1.62. The predicted octanol–water partition coefficient (Wildman–Crippen LogP) is 3.36. The summed E-state index contributed by atoms with van der Waals surface area (Å²) in [6, 6.07) is 8.49. The van der Waals surface area contributed by atoms with Gasteiger partial charge in [0.1, 0.15) is 5.75 Å². The van der Waals surface area contributed by atoms with Crippen molar-refractivity contribution in [2.24, 2.45) is 23.2 Å². The van der Waals surface area contributed by atoms with Crippen LogP contribution in [0.5, 0.6) is 5.75 Å². The van der Waals surface area contributed by atoms with E-state index in [0.717, 1.165) is 30.0 Å². The molecule has 0 saturated heterocycles. The predicted molar refractivity (Wildman–Crippen MR) is 91.3 cm³/mol. The van der Waals surface area contributed by atoms with Gasteiger partial charge in [0.05, 0.1) is 13.7 Å². The second kappa shape index (κ2) is 6.10. The fourth-order valence-corrected chi connectivity index (χ4v) is 6.06. The van der Waals surface area contributed by atoms with Crippen LogP contribution in [0, 0.1) is 23.2 Å². The highest BCUT2D eigenvalue weighted by molar-refractivity contribution is 5.27. The van der Waals surface area contributed by atoms with E-state index in [1.54, 1.807) is 7.11 Å². The van der Waals surface area contributed by atoms with Gasteiger partial charge in [0, 0.05) is 12.6 Å². The Morgan fingerprint density at radius 3 is 2.13 bits per heavy atom. The lowest BCUT2D eigenvalue weighted by Gasteiger charge is -2.59. The number of hydrogen-bond acceptors (Lipinski definition) is 3. The van der Waals surface area contributed by atoms with Crippen molar-refractivity contribution < 1.29 is 9.84 Å². The summed E-state index contributed by atoms with van der Waals surface area (Å²) in [7, 11) is 1.70. The van der Waals surface area contributed by atoms with Gasteiger partial charge in [-0.15, -0.1) is 0 Å². The molecular weight excluding hydrogens is 286 g/mol. The minimum Gasteiger partial charge on any atom is -0.497 e. The van der Waals surface area contributed by atoms with Gasteiger partial charge in [-0.2, -0.15) is 0 Å². The molecule has 1 atom stereocenters. The van der Waals surface area contributed by atoms with Gasteiger partial charge in [-0.05, 0) is 79.4 Å². The molecule has 0 heterocycles. The van der Waals surface area contributed by atoms with Crippen LogP contribution in [0.3, 0.4) is 0 Å². The molecule has 4 aliphatic carbocycles. The average molecular weight is 315 g/mol. The quantitative estimate of drug-likeness (QED) is 0.846. The molecule has 2 N–H and O–H groups in total. The first-order valence-corrected chi connectivity index (χ1v) is 9.18. The topological polar surface area (TPSA) is 41.5 Å². The number of methoxy groups -OCH3 is 1. The molecule has 126 valence electrons. The van der Waals surface area contributed by atoms with Crippen molar-refractivity contribution >= 4 is 0 Å². The number of aliphatic hydroxyl groups is 1. The maximum atomic E-state index is 10.1. The molecule has 4 fully saturated rings. The van der Waals surface area contributed by atoms with Crippen LogP contribution in [0.1, 0.15) is 44.1 Å². The normalized spacial score (nSPS) is 36.2. The molecule has 0 radical (unpaired) electrons. The van der Waals surface area contributed by atoms with Crippen molar-refractivity contribution in [3.63, 3.8) is 0 Å². The first kappa shape index (κ1) is 15.5. The standard InChI is InChI=1S/C20H29NO2/c1-23-18-4-2-14(3-5-18)12-21-19(13-22)20-9-15-6-16(10-20)8-17(7-15)11-20/h2-5,15-17,19,21-22H,6-13H2,1H3/t15?,16?,17?,19-,20?/m1/s1. The van der Waals surface area contributed by atoms with E-state index in [-0.39, 0.29) is 12.6 Å². The largest absolute Gasteiger partial charge is 0.497 e. The third-order valence-corrected chi connectivity index (χ3v) is 6.72. The Labute approximate surface area is 139 Å². The van der Waals surface area contributed by atoms with Gasteiger partial charge < -0.3 is 15.2 Å². The molecular formula is C20H29NO2. The molecule has 0 aromatic heterocycles. The molecule has 3 nitrogen and oxygen atoms in total. The maximum absolute atomic E-state index is 10.1. The van der Waals surface area contributed by atoms with Gasteiger partial charge in [0.15, 0.2) is 0 Å². The van der Waals surface area contributed by atoms with Crippen LogP contribution >= 0.6 is 0 Å². The molecule has 0 spiro atoms. The number of ether oxygens (including phenoxy) is 1. The zero-order valence-electron chi connectivity index (χ0n) is 14.1. The highest BCUT2D eigenvalue weighted by atomic mass is 16.5. The Kier molecular flexibility index (Phi) is 4.10. The number of rotatable bonds is 6. The van der Waals surface area contributed by atoms with Crippen LogP contribution in [0.25, 0.3) is 0 Å². The number of aliphatic hydroxyl groups excluding tert-OH is 1. The maximum Gasteiger partial charge on any atom is 0.118 e. The third kappa shape index (κ3) is 2.89. The fraction of sp³-hybridized carbons (Fsp3) is 0.700. The molecule has 3 heteroatoms. The number of nitrogens with one attached hydrogen (secondary N) is 1. The van der Waals surface area contributed by atoms with E-state index < -0.39 is 0 Å². The van der Waals surface area contributed by atoms with Crippen LogP contribution in [-0.2, 0) is 6.54 Å². The summed E-state index contributed by atoms with van der Waals surface area (Å²) in [6.45, 7) is 1.10. The molecule has 4 saturated carbocycles. The zero-order chi connectivity index (χ0) is 15.9. The molecule has 1 aromatic rings. The average Bonchev–Trinajstić information content (AvgIpc) is 2.54. The molecule has 1 aromatic carbocycles.